The Bertz CT molecular complexity index is 510. The Hall–Kier alpha value is -1.21. The van der Waals surface area contributed by atoms with E-state index in [1.165, 1.54) is 12.1 Å². The number of ketones is 1. The SMILES string of the molecule is CC(=O)C(=O)Oc1c(Br)cc(Br)cc1C(=O)O. The minimum Gasteiger partial charge on any atom is -0.478 e. The molecule has 0 atom stereocenters. The molecule has 90 valence electrons. The molecule has 0 aliphatic rings. The summed E-state index contributed by atoms with van der Waals surface area (Å²) in [6, 6.07) is 2.78. The van der Waals surface area contributed by atoms with Gasteiger partial charge in [0.2, 0.25) is 5.78 Å². The maximum atomic E-state index is 11.1. The molecular formula is C10H6Br2O5. The minimum atomic E-state index is -1.27. The number of esters is 1. The summed E-state index contributed by atoms with van der Waals surface area (Å²) in [7, 11) is 0. The Kier molecular flexibility index (Phi) is 4.41. The Morgan fingerprint density at radius 2 is 1.82 bits per heavy atom. The van der Waals surface area contributed by atoms with Crippen molar-refractivity contribution in [2.24, 2.45) is 0 Å². The van der Waals surface area contributed by atoms with Crippen LogP contribution in [0.1, 0.15) is 17.3 Å². The van der Waals surface area contributed by atoms with Gasteiger partial charge in [-0.15, -0.1) is 0 Å². The van der Waals surface area contributed by atoms with Crippen LogP contribution < -0.4 is 4.74 Å². The highest BCUT2D eigenvalue weighted by Crippen LogP contribution is 2.33. The van der Waals surface area contributed by atoms with Crippen molar-refractivity contribution in [2.45, 2.75) is 6.92 Å². The van der Waals surface area contributed by atoms with Crippen LogP contribution in [0.25, 0.3) is 0 Å². The third-order valence-electron chi connectivity index (χ3n) is 1.72. The summed E-state index contributed by atoms with van der Waals surface area (Å²) in [5.41, 5.74) is -0.221. The van der Waals surface area contributed by atoms with Crippen LogP contribution in [-0.4, -0.2) is 22.8 Å². The molecule has 0 radical (unpaired) electrons. The highest BCUT2D eigenvalue weighted by molar-refractivity contribution is 9.11. The molecule has 0 amide bonds. The van der Waals surface area contributed by atoms with Gasteiger partial charge >= 0.3 is 11.9 Å². The first-order chi connectivity index (χ1) is 7.82. The van der Waals surface area contributed by atoms with Crippen molar-refractivity contribution in [3.8, 4) is 5.75 Å². The molecule has 0 bridgehead atoms. The summed E-state index contributed by atoms with van der Waals surface area (Å²) < 4.78 is 5.48. The summed E-state index contributed by atoms with van der Waals surface area (Å²) in [5, 5.41) is 8.95. The van der Waals surface area contributed by atoms with Crippen LogP contribution in [0.4, 0.5) is 0 Å². The Morgan fingerprint density at radius 3 is 2.29 bits per heavy atom. The van der Waals surface area contributed by atoms with Crippen LogP contribution >= 0.6 is 31.9 Å². The van der Waals surface area contributed by atoms with E-state index in [2.05, 4.69) is 31.9 Å². The number of carboxylic acid groups (broad SMARTS) is 1. The molecule has 1 aromatic rings. The van der Waals surface area contributed by atoms with Crippen molar-refractivity contribution in [3.63, 3.8) is 0 Å². The van der Waals surface area contributed by atoms with Gasteiger partial charge < -0.3 is 9.84 Å². The van der Waals surface area contributed by atoms with Crippen LogP contribution in [0.2, 0.25) is 0 Å². The van der Waals surface area contributed by atoms with E-state index in [-0.39, 0.29) is 15.8 Å². The van der Waals surface area contributed by atoms with Gasteiger partial charge in [0, 0.05) is 11.4 Å². The second-order valence-corrected chi connectivity index (χ2v) is 4.79. The molecule has 5 nitrogen and oxygen atoms in total. The van der Waals surface area contributed by atoms with Gasteiger partial charge in [-0.05, 0) is 28.1 Å². The predicted octanol–water partition coefficient (Wildman–Crippen LogP) is 2.40. The average Bonchev–Trinajstić information content (AvgIpc) is 2.20. The first-order valence-electron chi connectivity index (χ1n) is 4.28. The Morgan fingerprint density at radius 1 is 1.24 bits per heavy atom. The second kappa shape index (κ2) is 5.42. The number of aromatic carboxylic acids is 1. The van der Waals surface area contributed by atoms with Gasteiger partial charge in [0.1, 0.15) is 5.56 Å². The van der Waals surface area contributed by atoms with Crippen molar-refractivity contribution in [1.82, 2.24) is 0 Å². The number of ether oxygens (including phenoxy) is 1. The lowest BCUT2D eigenvalue weighted by atomic mass is 10.2. The average molecular weight is 366 g/mol. The van der Waals surface area contributed by atoms with Crippen molar-refractivity contribution in [1.29, 1.82) is 0 Å². The molecule has 0 aliphatic carbocycles. The third-order valence-corrected chi connectivity index (χ3v) is 2.77. The van der Waals surface area contributed by atoms with Gasteiger partial charge in [0.25, 0.3) is 0 Å². The van der Waals surface area contributed by atoms with E-state index in [0.29, 0.717) is 4.47 Å². The van der Waals surface area contributed by atoms with Gasteiger partial charge in [-0.1, -0.05) is 15.9 Å². The highest BCUT2D eigenvalue weighted by Gasteiger charge is 2.20. The lowest BCUT2D eigenvalue weighted by Gasteiger charge is -2.08. The van der Waals surface area contributed by atoms with E-state index in [1.807, 2.05) is 0 Å². The first-order valence-corrected chi connectivity index (χ1v) is 5.86. The summed E-state index contributed by atoms with van der Waals surface area (Å²) in [4.78, 5) is 32.8. The number of carbonyl (C=O) groups is 3. The lowest BCUT2D eigenvalue weighted by molar-refractivity contribution is -0.146. The molecule has 0 unspecified atom stereocenters. The van der Waals surface area contributed by atoms with E-state index < -0.39 is 17.7 Å². The zero-order chi connectivity index (χ0) is 13.2. The topological polar surface area (TPSA) is 80.7 Å². The number of carboxylic acids is 1. The van der Waals surface area contributed by atoms with E-state index in [4.69, 9.17) is 9.84 Å². The summed E-state index contributed by atoms with van der Waals surface area (Å²) in [6.07, 6.45) is 0. The monoisotopic (exact) mass is 364 g/mol. The van der Waals surface area contributed by atoms with E-state index in [9.17, 15) is 14.4 Å². The van der Waals surface area contributed by atoms with Gasteiger partial charge in [-0.25, -0.2) is 9.59 Å². The third kappa shape index (κ3) is 3.37. The van der Waals surface area contributed by atoms with E-state index >= 15 is 0 Å². The van der Waals surface area contributed by atoms with Crippen LogP contribution in [0.15, 0.2) is 21.1 Å². The smallest absolute Gasteiger partial charge is 0.379 e. The van der Waals surface area contributed by atoms with Crippen LogP contribution in [-0.2, 0) is 9.59 Å². The highest BCUT2D eigenvalue weighted by atomic mass is 79.9. The van der Waals surface area contributed by atoms with Gasteiger partial charge in [-0.2, -0.15) is 0 Å². The molecule has 0 heterocycles. The standard InChI is InChI=1S/C10H6Br2O5/c1-4(13)10(16)17-8-6(9(14)15)2-5(11)3-7(8)12/h2-3H,1H3,(H,14,15). The zero-order valence-electron chi connectivity index (χ0n) is 8.49. The Labute approximate surface area is 113 Å². The first kappa shape index (κ1) is 13.9. The van der Waals surface area contributed by atoms with Crippen LogP contribution in [0.3, 0.4) is 0 Å². The molecule has 7 heteroatoms. The quantitative estimate of drug-likeness (QED) is 0.505. The number of rotatable bonds is 3. The maximum absolute atomic E-state index is 11.1. The molecule has 0 aromatic heterocycles. The van der Waals surface area contributed by atoms with Gasteiger partial charge in [0.05, 0.1) is 4.47 Å². The van der Waals surface area contributed by atoms with E-state index in [1.54, 1.807) is 0 Å². The fourth-order valence-corrected chi connectivity index (χ4v) is 2.29. The molecule has 17 heavy (non-hydrogen) atoms. The molecule has 0 aliphatic heterocycles. The van der Waals surface area contributed by atoms with Gasteiger partial charge in [-0.3, -0.25) is 4.79 Å². The number of hydrogen-bond donors (Lipinski definition) is 1. The predicted molar refractivity (Wildman–Crippen MR) is 65.1 cm³/mol. The molecule has 1 aromatic carbocycles. The van der Waals surface area contributed by atoms with Crippen LogP contribution in [0.5, 0.6) is 5.75 Å². The minimum absolute atomic E-state index is 0.194. The molecule has 0 saturated heterocycles. The van der Waals surface area contributed by atoms with Crippen LogP contribution in [0, 0.1) is 0 Å². The zero-order valence-corrected chi connectivity index (χ0v) is 11.7. The van der Waals surface area contributed by atoms with Crippen molar-refractivity contribution >= 4 is 49.6 Å². The van der Waals surface area contributed by atoms with Crippen molar-refractivity contribution < 1.29 is 24.2 Å². The number of hydrogen-bond acceptors (Lipinski definition) is 4. The normalized spacial score (nSPS) is 9.82. The molecule has 0 fully saturated rings. The molecule has 0 saturated carbocycles. The summed E-state index contributed by atoms with van der Waals surface area (Å²) >= 11 is 6.17. The summed E-state index contributed by atoms with van der Waals surface area (Å²) in [5.74, 6) is -3.38. The molecular weight excluding hydrogens is 360 g/mol. The molecule has 1 rings (SSSR count). The largest absolute Gasteiger partial charge is 0.478 e. The van der Waals surface area contributed by atoms with E-state index in [0.717, 1.165) is 6.92 Å². The number of halogens is 2. The van der Waals surface area contributed by atoms with Crippen molar-refractivity contribution in [3.05, 3.63) is 26.6 Å². The lowest BCUT2D eigenvalue weighted by Crippen LogP contribution is -2.18. The second-order valence-electron chi connectivity index (χ2n) is 3.02. The summed E-state index contributed by atoms with van der Waals surface area (Å²) in [6.45, 7) is 1.04. The fraction of sp³-hybridized carbons (Fsp3) is 0.100. The number of Topliss-reactive ketones (excluding diaryl/α,β-unsaturated/α-hetero) is 1. The maximum Gasteiger partial charge on any atom is 0.379 e. The number of benzene rings is 1. The number of carbonyl (C=O) groups excluding carboxylic acids is 2. The molecule has 1 N–H and O–H groups in total. The fourth-order valence-electron chi connectivity index (χ4n) is 0.988. The van der Waals surface area contributed by atoms with Gasteiger partial charge in [0.15, 0.2) is 5.75 Å². The molecule has 0 spiro atoms. The Balaban J connectivity index is 3.26. The van der Waals surface area contributed by atoms with Crippen molar-refractivity contribution in [2.75, 3.05) is 0 Å².